The molecule has 0 saturated carbocycles. The molecular formula is C16H17BrN2O3. The van der Waals surface area contributed by atoms with Gasteiger partial charge < -0.3 is 15.1 Å². The third-order valence-electron chi connectivity index (χ3n) is 3.02. The fourth-order valence-electron chi connectivity index (χ4n) is 1.81. The number of anilines is 1. The molecule has 5 nitrogen and oxygen atoms in total. The Bertz CT molecular complexity index is 650. The molecule has 2 N–H and O–H groups in total. The molecule has 0 aliphatic carbocycles. The number of rotatable bonds is 6. The van der Waals surface area contributed by atoms with E-state index >= 15 is 0 Å². The molecule has 1 aromatic heterocycles. The molecule has 0 radical (unpaired) electrons. The van der Waals surface area contributed by atoms with E-state index in [0.29, 0.717) is 22.5 Å². The fraction of sp³-hybridized carbons (Fsp3) is 0.250. The summed E-state index contributed by atoms with van der Waals surface area (Å²) in [5, 5.41) is 5.55. The van der Waals surface area contributed by atoms with Gasteiger partial charge in [-0.3, -0.25) is 9.59 Å². The Hall–Kier alpha value is -2.08. The summed E-state index contributed by atoms with van der Waals surface area (Å²) in [5.41, 5.74) is 1.16. The molecule has 0 aliphatic heterocycles. The maximum absolute atomic E-state index is 11.9. The second-order valence-corrected chi connectivity index (χ2v) is 5.53. The molecular weight excluding hydrogens is 348 g/mol. The van der Waals surface area contributed by atoms with Gasteiger partial charge in [0, 0.05) is 17.8 Å². The Morgan fingerprint density at radius 1 is 1.09 bits per heavy atom. The minimum Gasteiger partial charge on any atom is -0.444 e. The van der Waals surface area contributed by atoms with E-state index in [1.807, 2.05) is 0 Å². The molecule has 22 heavy (non-hydrogen) atoms. The van der Waals surface area contributed by atoms with Gasteiger partial charge in [-0.25, -0.2) is 0 Å². The monoisotopic (exact) mass is 364 g/mol. The molecule has 0 unspecified atom stereocenters. The molecule has 0 atom stereocenters. The van der Waals surface area contributed by atoms with Crippen molar-refractivity contribution in [2.24, 2.45) is 0 Å². The van der Waals surface area contributed by atoms with E-state index in [9.17, 15) is 9.59 Å². The van der Waals surface area contributed by atoms with Crippen molar-refractivity contribution in [3.8, 4) is 0 Å². The molecule has 2 aromatic rings. The van der Waals surface area contributed by atoms with Crippen LogP contribution in [0.2, 0.25) is 0 Å². The predicted octanol–water partition coefficient (Wildman–Crippen LogP) is 3.82. The highest BCUT2D eigenvalue weighted by Gasteiger charge is 2.11. The number of nitrogens with one attached hydrogen (secondary N) is 2. The van der Waals surface area contributed by atoms with Crippen molar-refractivity contribution >= 4 is 33.4 Å². The van der Waals surface area contributed by atoms with Crippen molar-refractivity contribution < 1.29 is 14.0 Å². The Balaban J connectivity index is 1.94. The molecule has 2 amide bonds. The number of hydrogen-bond acceptors (Lipinski definition) is 3. The molecule has 0 saturated heterocycles. The molecule has 0 aliphatic rings. The van der Waals surface area contributed by atoms with Crippen molar-refractivity contribution in [1.29, 1.82) is 0 Å². The van der Waals surface area contributed by atoms with Crippen molar-refractivity contribution in [3.05, 3.63) is 52.4 Å². The van der Waals surface area contributed by atoms with Gasteiger partial charge in [-0.05, 0) is 58.7 Å². The number of halogens is 1. The van der Waals surface area contributed by atoms with E-state index in [2.05, 4.69) is 33.5 Å². The van der Waals surface area contributed by atoms with Crippen LogP contribution in [0.4, 0.5) is 5.69 Å². The number of carbonyl (C=O) groups is 2. The predicted molar refractivity (Wildman–Crippen MR) is 88.0 cm³/mol. The second-order valence-electron chi connectivity index (χ2n) is 4.74. The third kappa shape index (κ3) is 4.46. The zero-order chi connectivity index (χ0) is 15.9. The van der Waals surface area contributed by atoms with Crippen LogP contribution < -0.4 is 10.6 Å². The van der Waals surface area contributed by atoms with Gasteiger partial charge in [0.1, 0.15) is 0 Å². The Labute approximate surface area is 137 Å². The highest BCUT2D eigenvalue weighted by atomic mass is 79.9. The van der Waals surface area contributed by atoms with Gasteiger partial charge in [-0.15, -0.1) is 0 Å². The Morgan fingerprint density at radius 2 is 1.82 bits per heavy atom. The number of unbranched alkanes of at least 4 members (excludes halogenated alkanes) is 1. The summed E-state index contributed by atoms with van der Waals surface area (Å²) in [4.78, 5) is 23.8. The normalized spacial score (nSPS) is 10.3. The minimum atomic E-state index is -0.342. The van der Waals surface area contributed by atoms with Gasteiger partial charge >= 0.3 is 0 Å². The Kier molecular flexibility index (Phi) is 5.77. The summed E-state index contributed by atoms with van der Waals surface area (Å²) in [6.07, 6.45) is 1.99. The van der Waals surface area contributed by atoms with Gasteiger partial charge in [-0.1, -0.05) is 13.3 Å². The summed E-state index contributed by atoms with van der Waals surface area (Å²) < 4.78 is 5.67. The maximum Gasteiger partial charge on any atom is 0.291 e. The first-order valence-electron chi connectivity index (χ1n) is 7.05. The first-order chi connectivity index (χ1) is 10.6. The largest absolute Gasteiger partial charge is 0.444 e. The molecule has 6 heteroatoms. The molecule has 0 spiro atoms. The lowest BCUT2D eigenvalue weighted by Crippen LogP contribution is -2.24. The zero-order valence-corrected chi connectivity index (χ0v) is 13.8. The molecule has 0 fully saturated rings. The van der Waals surface area contributed by atoms with Crippen molar-refractivity contribution in [2.45, 2.75) is 19.8 Å². The van der Waals surface area contributed by atoms with E-state index in [1.54, 1.807) is 36.4 Å². The van der Waals surface area contributed by atoms with Gasteiger partial charge in [0.2, 0.25) is 0 Å². The molecule has 0 bridgehead atoms. The van der Waals surface area contributed by atoms with E-state index in [0.717, 1.165) is 12.8 Å². The number of benzene rings is 1. The number of hydrogen-bond donors (Lipinski definition) is 2. The first kappa shape index (κ1) is 16.3. The van der Waals surface area contributed by atoms with Crippen LogP contribution in [0.15, 0.2) is 45.5 Å². The lowest BCUT2D eigenvalue weighted by Gasteiger charge is -2.06. The van der Waals surface area contributed by atoms with E-state index in [1.165, 1.54) is 0 Å². The quantitative estimate of drug-likeness (QED) is 0.765. The molecule has 116 valence electrons. The van der Waals surface area contributed by atoms with Crippen molar-refractivity contribution in [1.82, 2.24) is 5.32 Å². The average Bonchev–Trinajstić information content (AvgIpc) is 2.95. The number of carbonyl (C=O) groups excluding carboxylic acids is 2. The van der Waals surface area contributed by atoms with Gasteiger partial charge in [0.05, 0.1) is 0 Å². The summed E-state index contributed by atoms with van der Waals surface area (Å²) in [6.45, 7) is 2.74. The van der Waals surface area contributed by atoms with E-state index in [-0.39, 0.29) is 17.6 Å². The average molecular weight is 365 g/mol. The minimum absolute atomic E-state index is 0.110. The number of furan rings is 1. The topological polar surface area (TPSA) is 71.3 Å². The first-order valence-corrected chi connectivity index (χ1v) is 7.84. The van der Waals surface area contributed by atoms with Crippen LogP contribution in [0.25, 0.3) is 0 Å². The highest BCUT2D eigenvalue weighted by Crippen LogP contribution is 2.16. The molecule has 1 heterocycles. The van der Waals surface area contributed by atoms with Crippen LogP contribution in [-0.4, -0.2) is 18.4 Å². The Morgan fingerprint density at radius 3 is 2.41 bits per heavy atom. The summed E-state index contributed by atoms with van der Waals surface area (Å²) >= 11 is 3.15. The van der Waals surface area contributed by atoms with Gasteiger partial charge in [0.25, 0.3) is 11.8 Å². The second kappa shape index (κ2) is 7.79. The van der Waals surface area contributed by atoms with Crippen LogP contribution in [0.1, 0.15) is 40.7 Å². The molecule has 2 rings (SSSR count). The standard InChI is InChI=1S/C16H17BrN2O3/c1-2-3-10-18-15(20)11-4-6-12(7-5-11)19-16(21)13-8-9-14(17)22-13/h4-9H,2-3,10H2,1H3,(H,18,20)(H,19,21). The highest BCUT2D eigenvalue weighted by molar-refractivity contribution is 9.10. The fourth-order valence-corrected chi connectivity index (χ4v) is 2.12. The lowest BCUT2D eigenvalue weighted by atomic mass is 10.2. The smallest absolute Gasteiger partial charge is 0.291 e. The molecule has 1 aromatic carbocycles. The van der Waals surface area contributed by atoms with Gasteiger partial charge in [0.15, 0.2) is 10.4 Å². The summed E-state index contributed by atoms with van der Waals surface area (Å²) in [5.74, 6) is -0.236. The lowest BCUT2D eigenvalue weighted by molar-refractivity contribution is 0.0952. The van der Waals surface area contributed by atoms with Crippen LogP contribution >= 0.6 is 15.9 Å². The van der Waals surface area contributed by atoms with E-state index in [4.69, 9.17) is 4.42 Å². The SMILES string of the molecule is CCCCNC(=O)c1ccc(NC(=O)c2ccc(Br)o2)cc1. The summed E-state index contributed by atoms with van der Waals surface area (Å²) in [7, 11) is 0. The third-order valence-corrected chi connectivity index (χ3v) is 3.44. The van der Waals surface area contributed by atoms with Crippen molar-refractivity contribution in [2.75, 3.05) is 11.9 Å². The summed E-state index contributed by atoms with van der Waals surface area (Å²) in [6, 6.07) is 9.95. The van der Waals surface area contributed by atoms with Crippen LogP contribution in [0, 0.1) is 0 Å². The van der Waals surface area contributed by atoms with Crippen LogP contribution in [0.3, 0.4) is 0 Å². The van der Waals surface area contributed by atoms with Crippen LogP contribution in [-0.2, 0) is 0 Å². The van der Waals surface area contributed by atoms with Crippen LogP contribution in [0.5, 0.6) is 0 Å². The van der Waals surface area contributed by atoms with Crippen molar-refractivity contribution in [3.63, 3.8) is 0 Å². The van der Waals surface area contributed by atoms with E-state index < -0.39 is 0 Å². The number of amides is 2. The van der Waals surface area contributed by atoms with Gasteiger partial charge in [-0.2, -0.15) is 0 Å². The maximum atomic E-state index is 11.9. The zero-order valence-electron chi connectivity index (χ0n) is 12.2.